The summed E-state index contributed by atoms with van der Waals surface area (Å²) in [6.07, 6.45) is 0.891. The molecule has 1 aliphatic heterocycles. The number of hydrogen-bond acceptors (Lipinski definition) is 2. The summed E-state index contributed by atoms with van der Waals surface area (Å²) in [6, 6.07) is 6.44. The molecule has 0 radical (unpaired) electrons. The van der Waals surface area contributed by atoms with Crippen LogP contribution in [0.1, 0.15) is 37.6 Å². The number of carbonyl (C=O) groups is 1. The first-order valence-corrected chi connectivity index (χ1v) is 7.45. The zero-order valence-electron chi connectivity index (χ0n) is 13.3. The summed E-state index contributed by atoms with van der Waals surface area (Å²) in [5.41, 5.74) is 4.87. The number of carboxylic acid groups (broad SMARTS) is 1. The predicted octanol–water partition coefficient (Wildman–Crippen LogP) is 3.09. The molecule has 120 valence electrons. The number of aliphatic carboxylic acids is 1. The number of aromatic nitrogens is 1. The maximum Gasteiger partial charge on any atom is 0.323 e. The Kier molecular flexibility index (Phi) is 4.54. The van der Waals surface area contributed by atoms with Crippen LogP contribution in [-0.4, -0.2) is 22.2 Å². The minimum atomic E-state index is -0.784. The molecule has 0 bridgehead atoms. The zero-order chi connectivity index (χ0) is 15.2. The van der Waals surface area contributed by atoms with Gasteiger partial charge in [0.1, 0.15) is 6.54 Å². The Morgan fingerprint density at radius 1 is 1.36 bits per heavy atom. The average Bonchev–Trinajstić information content (AvgIpc) is 2.72. The highest BCUT2D eigenvalue weighted by atomic mass is 35.5. The fourth-order valence-electron chi connectivity index (χ4n) is 3.16. The summed E-state index contributed by atoms with van der Waals surface area (Å²) in [5.74, 6) is -0.784. The molecule has 0 amide bonds. The van der Waals surface area contributed by atoms with E-state index in [1.165, 1.54) is 22.2 Å². The second kappa shape index (κ2) is 5.94. The van der Waals surface area contributed by atoms with Crippen molar-refractivity contribution in [2.24, 2.45) is 0 Å². The third kappa shape index (κ3) is 2.85. The molecule has 3 rings (SSSR count). The van der Waals surface area contributed by atoms with Gasteiger partial charge in [0.25, 0.3) is 0 Å². The van der Waals surface area contributed by atoms with E-state index in [-0.39, 0.29) is 24.4 Å². The molecule has 0 saturated carbocycles. The number of halogens is 1. The van der Waals surface area contributed by atoms with Crippen LogP contribution in [0.4, 0.5) is 0 Å². The molecule has 5 heteroatoms. The molecule has 1 aromatic heterocycles. The summed E-state index contributed by atoms with van der Waals surface area (Å²) < 4.78 is 1.97. The van der Waals surface area contributed by atoms with Gasteiger partial charge in [-0.2, -0.15) is 0 Å². The molecule has 0 fully saturated rings. The van der Waals surface area contributed by atoms with Gasteiger partial charge in [-0.15, -0.1) is 12.4 Å². The van der Waals surface area contributed by atoms with Gasteiger partial charge in [0.2, 0.25) is 0 Å². The highest BCUT2D eigenvalue weighted by Gasteiger charge is 2.23. The van der Waals surface area contributed by atoms with Crippen LogP contribution in [0.15, 0.2) is 18.2 Å². The average molecular weight is 323 g/mol. The molecular formula is C17H23ClN2O2. The van der Waals surface area contributed by atoms with Crippen LogP contribution in [0.25, 0.3) is 10.9 Å². The number of carboxylic acids is 1. The van der Waals surface area contributed by atoms with Crippen molar-refractivity contribution in [3.05, 3.63) is 35.0 Å². The summed E-state index contributed by atoms with van der Waals surface area (Å²) in [4.78, 5) is 11.2. The van der Waals surface area contributed by atoms with E-state index in [1.807, 2.05) is 4.57 Å². The smallest absolute Gasteiger partial charge is 0.323 e. The van der Waals surface area contributed by atoms with Gasteiger partial charge in [-0.1, -0.05) is 26.8 Å². The van der Waals surface area contributed by atoms with E-state index < -0.39 is 5.97 Å². The first-order valence-electron chi connectivity index (χ1n) is 7.45. The number of nitrogens with one attached hydrogen (secondary N) is 1. The largest absolute Gasteiger partial charge is 0.480 e. The number of fused-ring (bicyclic) bond motifs is 3. The van der Waals surface area contributed by atoms with Gasteiger partial charge in [-0.3, -0.25) is 4.79 Å². The van der Waals surface area contributed by atoms with Crippen molar-refractivity contribution in [3.8, 4) is 0 Å². The Morgan fingerprint density at radius 3 is 2.73 bits per heavy atom. The van der Waals surface area contributed by atoms with Gasteiger partial charge in [-0.25, -0.2) is 0 Å². The van der Waals surface area contributed by atoms with Crippen molar-refractivity contribution in [2.75, 3.05) is 6.54 Å². The van der Waals surface area contributed by atoms with E-state index in [9.17, 15) is 9.90 Å². The lowest BCUT2D eigenvalue weighted by Gasteiger charge is -2.19. The number of hydrogen-bond donors (Lipinski definition) is 2. The second-order valence-corrected chi connectivity index (χ2v) is 6.81. The van der Waals surface area contributed by atoms with Crippen LogP contribution < -0.4 is 5.32 Å². The molecular weight excluding hydrogens is 300 g/mol. The zero-order valence-corrected chi connectivity index (χ0v) is 14.1. The normalized spacial score (nSPS) is 14.5. The quantitative estimate of drug-likeness (QED) is 0.893. The molecule has 0 unspecified atom stereocenters. The predicted molar refractivity (Wildman–Crippen MR) is 90.9 cm³/mol. The fourth-order valence-corrected chi connectivity index (χ4v) is 3.16. The van der Waals surface area contributed by atoms with Crippen LogP contribution in [0.5, 0.6) is 0 Å². The maximum absolute atomic E-state index is 11.2. The van der Waals surface area contributed by atoms with Gasteiger partial charge < -0.3 is 15.0 Å². The first kappa shape index (κ1) is 16.8. The van der Waals surface area contributed by atoms with Gasteiger partial charge in [0, 0.05) is 36.1 Å². The Morgan fingerprint density at radius 2 is 2.09 bits per heavy atom. The fraction of sp³-hybridized carbons (Fsp3) is 0.471. The summed E-state index contributed by atoms with van der Waals surface area (Å²) >= 11 is 0. The standard InChI is InChI=1S/C17H22N2O2.ClH/c1-17(2,3)11-4-5-14-12(8-11)13-9-18-7-6-15(13)19(14)10-16(20)21;/h4-5,8,18H,6-7,9-10H2,1-3H3,(H,20,21);1H. The molecule has 4 nitrogen and oxygen atoms in total. The highest BCUT2D eigenvalue weighted by molar-refractivity contribution is 5.88. The van der Waals surface area contributed by atoms with Crippen molar-refractivity contribution in [2.45, 2.75) is 45.7 Å². The third-order valence-corrected chi connectivity index (χ3v) is 4.29. The molecule has 2 heterocycles. The minimum Gasteiger partial charge on any atom is -0.480 e. The molecule has 2 N–H and O–H groups in total. The highest BCUT2D eigenvalue weighted by Crippen LogP contribution is 2.32. The molecule has 1 aromatic carbocycles. The monoisotopic (exact) mass is 322 g/mol. The van der Waals surface area contributed by atoms with Crippen LogP contribution in [-0.2, 0) is 29.7 Å². The van der Waals surface area contributed by atoms with E-state index in [4.69, 9.17) is 0 Å². The Balaban J connectivity index is 0.00000176. The molecule has 22 heavy (non-hydrogen) atoms. The van der Waals surface area contributed by atoms with E-state index >= 15 is 0 Å². The summed E-state index contributed by atoms with van der Waals surface area (Å²) in [7, 11) is 0. The van der Waals surface area contributed by atoms with Crippen molar-refractivity contribution >= 4 is 29.3 Å². The molecule has 0 atom stereocenters. The molecule has 0 saturated heterocycles. The number of rotatable bonds is 2. The number of nitrogens with zero attached hydrogens (tertiary/aromatic N) is 1. The Hall–Kier alpha value is -1.52. The Bertz CT molecular complexity index is 713. The van der Waals surface area contributed by atoms with E-state index in [0.717, 1.165) is 25.0 Å². The van der Waals surface area contributed by atoms with Crippen molar-refractivity contribution < 1.29 is 9.90 Å². The van der Waals surface area contributed by atoms with Crippen LogP contribution in [0.2, 0.25) is 0 Å². The van der Waals surface area contributed by atoms with Crippen LogP contribution in [0, 0.1) is 0 Å². The SMILES string of the molecule is CC(C)(C)c1ccc2c(c1)c1c(n2CC(=O)O)CCNC1.Cl. The minimum absolute atomic E-state index is 0. The van der Waals surface area contributed by atoms with Gasteiger partial charge in [0.05, 0.1) is 0 Å². The van der Waals surface area contributed by atoms with E-state index in [1.54, 1.807) is 0 Å². The topological polar surface area (TPSA) is 54.3 Å². The second-order valence-electron chi connectivity index (χ2n) is 6.81. The van der Waals surface area contributed by atoms with Gasteiger partial charge in [-0.05, 0) is 28.7 Å². The summed E-state index contributed by atoms with van der Waals surface area (Å²) in [5, 5.41) is 13.8. The maximum atomic E-state index is 11.2. The van der Waals surface area contributed by atoms with Crippen LogP contribution in [0.3, 0.4) is 0 Å². The van der Waals surface area contributed by atoms with E-state index in [0.29, 0.717) is 0 Å². The lowest BCUT2D eigenvalue weighted by Crippen LogP contribution is -2.25. The lowest BCUT2D eigenvalue weighted by atomic mass is 9.86. The third-order valence-electron chi connectivity index (χ3n) is 4.29. The van der Waals surface area contributed by atoms with Crippen molar-refractivity contribution in [3.63, 3.8) is 0 Å². The first-order chi connectivity index (χ1) is 9.88. The molecule has 0 spiro atoms. The van der Waals surface area contributed by atoms with E-state index in [2.05, 4.69) is 44.3 Å². The molecule has 2 aromatic rings. The van der Waals surface area contributed by atoms with Crippen molar-refractivity contribution in [1.29, 1.82) is 0 Å². The number of benzene rings is 1. The van der Waals surface area contributed by atoms with Gasteiger partial charge in [0.15, 0.2) is 0 Å². The van der Waals surface area contributed by atoms with Gasteiger partial charge >= 0.3 is 5.97 Å². The lowest BCUT2D eigenvalue weighted by molar-refractivity contribution is -0.137. The van der Waals surface area contributed by atoms with Crippen LogP contribution >= 0.6 is 12.4 Å². The van der Waals surface area contributed by atoms with Crippen molar-refractivity contribution in [1.82, 2.24) is 9.88 Å². The molecule has 1 aliphatic rings. The molecule has 0 aliphatic carbocycles. The Labute approximate surface area is 136 Å². The summed E-state index contributed by atoms with van der Waals surface area (Å²) in [6.45, 7) is 8.38.